The Labute approximate surface area is 164 Å². The van der Waals surface area contributed by atoms with Crippen LogP contribution in [0.1, 0.15) is 28.8 Å². The van der Waals surface area contributed by atoms with Crippen LogP contribution in [0.2, 0.25) is 5.15 Å². The number of fused-ring (bicyclic) bond motifs is 1. The number of thiazole rings is 1. The second kappa shape index (κ2) is 7.43. The zero-order valence-electron chi connectivity index (χ0n) is 14.5. The molecular formula is C15H13ClF3N5O3S. The molecule has 0 aliphatic rings. The molecule has 0 fully saturated rings. The van der Waals surface area contributed by atoms with Crippen LogP contribution in [-0.2, 0) is 12.7 Å². The van der Waals surface area contributed by atoms with Crippen molar-refractivity contribution in [3.8, 4) is 5.06 Å². The summed E-state index contributed by atoms with van der Waals surface area (Å²) in [5.41, 5.74) is -1.59. The Morgan fingerprint density at radius 1 is 1.39 bits per heavy atom. The van der Waals surface area contributed by atoms with Crippen molar-refractivity contribution in [2.45, 2.75) is 19.6 Å². The number of hydrogen-bond acceptors (Lipinski definition) is 6. The van der Waals surface area contributed by atoms with E-state index >= 15 is 0 Å². The first-order chi connectivity index (χ1) is 13.2. The molecule has 0 bridgehead atoms. The molecule has 28 heavy (non-hydrogen) atoms. The van der Waals surface area contributed by atoms with Gasteiger partial charge in [0.25, 0.3) is 11.5 Å². The van der Waals surface area contributed by atoms with Gasteiger partial charge in [-0.25, -0.2) is 14.1 Å². The van der Waals surface area contributed by atoms with E-state index in [1.54, 1.807) is 6.92 Å². The minimum Gasteiger partial charge on any atom is -0.485 e. The summed E-state index contributed by atoms with van der Waals surface area (Å²) in [6, 6.07) is 1.79. The molecule has 0 aromatic carbocycles. The molecule has 3 aromatic heterocycles. The number of rotatable bonds is 5. The smallest absolute Gasteiger partial charge is 0.435 e. The van der Waals surface area contributed by atoms with Crippen LogP contribution in [-0.4, -0.2) is 38.7 Å². The zero-order valence-corrected chi connectivity index (χ0v) is 16.1. The van der Waals surface area contributed by atoms with E-state index < -0.39 is 23.3 Å². The molecule has 0 aliphatic heterocycles. The highest BCUT2D eigenvalue weighted by Crippen LogP contribution is 2.31. The molecule has 3 heterocycles. The van der Waals surface area contributed by atoms with Gasteiger partial charge in [0.2, 0.25) is 10.0 Å². The van der Waals surface area contributed by atoms with E-state index in [0.29, 0.717) is 12.6 Å². The second-order valence-electron chi connectivity index (χ2n) is 5.51. The Bertz CT molecular complexity index is 1100. The molecule has 0 saturated heterocycles. The number of nitrogens with zero attached hydrogens (tertiary/aromatic N) is 4. The summed E-state index contributed by atoms with van der Waals surface area (Å²) < 4.78 is 45.4. The third kappa shape index (κ3) is 3.69. The first-order valence-electron chi connectivity index (χ1n) is 7.84. The van der Waals surface area contributed by atoms with Crippen molar-refractivity contribution in [3.05, 3.63) is 44.7 Å². The average molecular weight is 436 g/mol. The molecule has 0 unspecified atom stereocenters. The van der Waals surface area contributed by atoms with E-state index in [9.17, 15) is 22.8 Å². The summed E-state index contributed by atoms with van der Waals surface area (Å²) >= 11 is 6.76. The fraction of sp³-hybridized carbons (Fsp3) is 0.333. The Hall–Kier alpha value is -2.60. The van der Waals surface area contributed by atoms with Crippen molar-refractivity contribution in [2.75, 3.05) is 13.7 Å². The maximum Gasteiger partial charge on any atom is 0.435 e. The van der Waals surface area contributed by atoms with E-state index in [0.717, 1.165) is 26.5 Å². The van der Waals surface area contributed by atoms with Gasteiger partial charge in [0.05, 0.1) is 19.3 Å². The van der Waals surface area contributed by atoms with E-state index in [4.69, 9.17) is 16.3 Å². The number of carbonyl (C=O) groups excluding carboxylic acids is 1. The summed E-state index contributed by atoms with van der Waals surface area (Å²) in [6.07, 6.45) is -4.64. The fourth-order valence-electron chi connectivity index (χ4n) is 2.46. The van der Waals surface area contributed by atoms with Gasteiger partial charge in [-0.1, -0.05) is 22.9 Å². The molecule has 0 spiro atoms. The van der Waals surface area contributed by atoms with Crippen molar-refractivity contribution in [1.82, 2.24) is 24.5 Å². The standard InChI is InChI=1S/C15H13ClF3N5O3S/c1-3-20-12(26)11-13(27-2)28-14-21-7(4-10(25)24(11)14)6-23-9(16)5-8(22-23)15(17,18)19/h4-5H,3,6H2,1-2H3,(H,20,26). The van der Waals surface area contributed by atoms with Crippen LogP contribution < -0.4 is 15.6 Å². The molecule has 0 radical (unpaired) electrons. The highest BCUT2D eigenvalue weighted by atomic mass is 35.5. The number of halogens is 4. The van der Waals surface area contributed by atoms with Crippen molar-refractivity contribution in [3.63, 3.8) is 0 Å². The molecule has 0 aliphatic carbocycles. The minimum atomic E-state index is -4.64. The van der Waals surface area contributed by atoms with Crippen LogP contribution >= 0.6 is 22.9 Å². The number of hydrogen-bond donors (Lipinski definition) is 1. The lowest BCUT2D eigenvalue weighted by atomic mass is 10.3. The van der Waals surface area contributed by atoms with Gasteiger partial charge in [-0.2, -0.15) is 18.3 Å². The third-order valence-corrected chi connectivity index (χ3v) is 4.92. The SMILES string of the molecule is CCNC(=O)c1c(OC)sc2nc(Cn3nc(C(F)(F)F)cc3Cl)cc(=O)n12. The Balaban J connectivity index is 2.05. The van der Waals surface area contributed by atoms with Crippen LogP contribution in [0.3, 0.4) is 0 Å². The topological polar surface area (TPSA) is 90.5 Å². The summed E-state index contributed by atoms with van der Waals surface area (Å²) in [4.78, 5) is 29.2. The predicted octanol–water partition coefficient (Wildman–Crippen LogP) is 2.43. The zero-order chi connectivity index (χ0) is 20.6. The van der Waals surface area contributed by atoms with Gasteiger partial charge in [-0.15, -0.1) is 0 Å². The van der Waals surface area contributed by atoms with Crippen molar-refractivity contribution in [2.24, 2.45) is 0 Å². The highest BCUT2D eigenvalue weighted by Gasteiger charge is 2.34. The van der Waals surface area contributed by atoms with Gasteiger partial charge in [-0.3, -0.25) is 9.59 Å². The van der Waals surface area contributed by atoms with Crippen LogP contribution in [0.4, 0.5) is 13.2 Å². The monoisotopic (exact) mass is 435 g/mol. The lowest BCUT2D eigenvalue weighted by Crippen LogP contribution is -2.28. The number of nitrogens with one attached hydrogen (secondary N) is 1. The number of alkyl halides is 3. The van der Waals surface area contributed by atoms with Gasteiger partial charge in [0.15, 0.2) is 11.4 Å². The molecule has 0 saturated carbocycles. The van der Waals surface area contributed by atoms with E-state index in [1.807, 2.05) is 0 Å². The second-order valence-corrected chi connectivity index (χ2v) is 6.84. The molecule has 13 heteroatoms. The molecule has 150 valence electrons. The van der Waals surface area contributed by atoms with Crippen molar-refractivity contribution in [1.29, 1.82) is 0 Å². The van der Waals surface area contributed by atoms with E-state index in [1.165, 1.54) is 7.11 Å². The Morgan fingerprint density at radius 2 is 2.11 bits per heavy atom. The molecule has 3 rings (SSSR count). The Kier molecular flexibility index (Phi) is 5.35. The lowest BCUT2D eigenvalue weighted by Gasteiger charge is -2.06. The molecule has 3 aromatic rings. The molecule has 1 amide bonds. The fourth-order valence-corrected chi connectivity index (χ4v) is 3.62. The summed E-state index contributed by atoms with van der Waals surface area (Å²) in [5, 5.41) is 5.92. The van der Waals surface area contributed by atoms with Crippen LogP contribution in [0.5, 0.6) is 5.06 Å². The molecule has 8 nitrogen and oxygen atoms in total. The molecule has 0 atom stereocenters. The van der Waals surface area contributed by atoms with Gasteiger partial charge >= 0.3 is 6.18 Å². The van der Waals surface area contributed by atoms with E-state index in [2.05, 4.69) is 15.4 Å². The van der Waals surface area contributed by atoms with Crippen molar-refractivity contribution < 1.29 is 22.7 Å². The molecule has 1 N–H and O–H groups in total. The highest BCUT2D eigenvalue weighted by molar-refractivity contribution is 7.19. The quantitative estimate of drug-likeness (QED) is 0.664. The summed E-state index contributed by atoms with van der Waals surface area (Å²) in [6.45, 7) is 1.82. The third-order valence-electron chi connectivity index (χ3n) is 3.61. The number of methoxy groups -OCH3 is 1. The van der Waals surface area contributed by atoms with Crippen molar-refractivity contribution >= 4 is 33.8 Å². The normalized spacial score (nSPS) is 11.8. The number of amides is 1. The first-order valence-corrected chi connectivity index (χ1v) is 9.03. The van der Waals surface area contributed by atoms with Gasteiger partial charge in [0, 0.05) is 18.7 Å². The number of ether oxygens (including phenoxy) is 1. The maximum absolute atomic E-state index is 12.8. The lowest BCUT2D eigenvalue weighted by molar-refractivity contribution is -0.141. The summed E-state index contributed by atoms with van der Waals surface area (Å²) in [7, 11) is 1.35. The largest absolute Gasteiger partial charge is 0.485 e. The van der Waals surface area contributed by atoms with Gasteiger partial charge in [0.1, 0.15) is 5.15 Å². The minimum absolute atomic E-state index is 0.00452. The predicted molar refractivity (Wildman–Crippen MR) is 95.2 cm³/mol. The van der Waals surface area contributed by atoms with Crippen LogP contribution in [0.25, 0.3) is 4.96 Å². The van der Waals surface area contributed by atoms with Gasteiger partial charge in [-0.05, 0) is 6.92 Å². The van der Waals surface area contributed by atoms with Crippen LogP contribution in [0, 0.1) is 0 Å². The maximum atomic E-state index is 12.8. The number of carbonyl (C=O) groups is 1. The molecular weight excluding hydrogens is 423 g/mol. The first kappa shape index (κ1) is 20.1. The van der Waals surface area contributed by atoms with Gasteiger partial charge < -0.3 is 10.1 Å². The summed E-state index contributed by atoms with van der Waals surface area (Å²) in [5.74, 6) is -0.507. The average Bonchev–Trinajstić information content (AvgIpc) is 3.16. The number of aromatic nitrogens is 4. The van der Waals surface area contributed by atoms with Crippen LogP contribution in [0.15, 0.2) is 16.9 Å². The van der Waals surface area contributed by atoms with E-state index in [-0.39, 0.29) is 33.1 Å². The Morgan fingerprint density at radius 3 is 2.68 bits per heavy atom.